The molecule has 1 heterocycles. The second-order valence-corrected chi connectivity index (χ2v) is 3.32. The fourth-order valence-corrected chi connectivity index (χ4v) is 1.42. The first kappa shape index (κ1) is 10.9. The zero-order valence-electron chi connectivity index (χ0n) is 8.12. The van der Waals surface area contributed by atoms with Crippen molar-refractivity contribution in [2.45, 2.75) is 12.6 Å². The van der Waals surface area contributed by atoms with Crippen LogP contribution >= 0.6 is 0 Å². The summed E-state index contributed by atoms with van der Waals surface area (Å²) in [5.74, 6) is -0.334. The maximum atomic E-state index is 12.4. The van der Waals surface area contributed by atoms with Gasteiger partial charge in [0.25, 0.3) is 5.91 Å². The second-order valence-electron chi connectivity index (χ2n) is 3.32. The Labute approximate surface area is 89.4 Å². The van der Waals surface area contributed by atoms with Crippen LogP contribution in [0.5, 0.6) is 0 Å². The molecular weight excluding hydrogens is 223 g/mol. The van der Waals surface area contributed by atoms with Crippen LogP contribution in [0.2, 0.25) is 0 Å². The van der Waals surface area contributed by atoms with Gasteiger partial charge in [-0.2, -0.15) is 18.2 Å². The highest BCUT2D eigenvalue weighted by atomic mass is 19.4. The van der Waals surface area contributed by atoms with E-state index in [9.17, 15) is 18.0 Å². The predicted molar refractivity (Wildman–Crippen MR) is 49.5 cm³/mol. The number of benzene rings is 1. The van der Waals surface area contributed by atoms with E-state index >= 15 is 0 Å². The Hall–Kier alpha value is -1.56. The number of halogens is 3. The fourth-order valence-electron chi connectivity index (χ4n) is 1.42. The Bertz CT molecular complexity index is 417. The normalized spacial score (nSPS) is 16.9. The van der Waals surface area contributed by atoms with Crippen LogP contribution in [0, 0.1) is 0 Å². The van der Waals surface area contributed by atoms with Crippen LogP contribution in [-0.2, 0) is 15.8 Å². The van der Waals surface area contributed by atoms with Gasteiger partial charge in [-0.25, -0.2) is 0 Å². The lowest BCUT2D eigenvalue weighted by molar-refractivity contribution is -0.137. The fraction of sp³-hybridized carbons (Fsp3) is 0.300. The number of carbonyl (C=O) groups excluding carboxylic acids is 1. The number of hydrogen-bond donors (Lipinski definition) is 0. The van der Waals surface area contributed by atoms with E-state index < -0.39 is 11.7 Å². The Morgan fingerprint density at radius 1 is 1.31 bits per heavy atom. The van der Waals surface area contributed by atoms with E-state index in [2.05, 4.69) is 0 Å². The molecule has 2 rings (SSSR count). The molecule has 0 spiro atoms. The summed E-state index contributed by atoms with van der Waals surface area (Å²) in [6.45, 7) is 0.203. The maximum absolute atomic E-state index is 12.4. The first-order valence-electron chi connectivity index (χ1n) is 4.61. The summed E-state index contributed by atoms with van der Waals surface area (Å²) in [6, 6.07) is 4.48. The molecule has 0 saturated carbocycles. The van der Waals surface area contributed by atoms with Crippen LogP contribution < -0.4 is 5.06 Å². The lowest BCUT2D eigenvalue weighted by Crippen LogP contribution is -2.22. The van der Waals surface area contributed by atoms with E-state index in [1.807, 2.05) is 0 Å². The van der Waals surface area contributed by atoms with Crippen LogP contribution in [0.25, 0.3) is 0 Å². The molecule has 6 heteroatoms. The minimum absolute atomic E-state index is 0.109. The number of alkyl halides is 3. The van der Waals surface area contributed by atoms with Gasteiger partial charge in [-0.1, -0.05) is 6.07 Å². The zero-order chi connectivity index (χ0) is 11.8. The second kappa shape index (κ2) is 3.79. The van der Waals surface area contributed by atoms with Gasteiger partial charge in [-0.15, -0.1) is 0 Å². The number of hydroxylamine groups is 1. The summed E-state index contributed by atoms with van der Waals surface area (Å²) in [5.41, 5.74) is -0.689. The third-order valence-electron chi connectivity index (χ3n) is 2.17. The predicted octanol–water partition coefficient (Wildman–Crippen LogP) is 2.37. The molecule has 1 aromatic rings. The molecule has 0 aromatic heterocycles. The molecule has 1 aliphatic rings. The Balaban J connectivity index is 2.32. The smallest absolute Gasteiger partial charge is 0.272 e. The third-order valence-corrected chi connectivity index (χ3v) is 2.17. The van der Waals surface area contributed by atoms with Crippen molar-refractivity contribution >= 4 is 11.6 Å². The molecule has 0 bridgehead atoms. The van der Waals surface area contributed by atoms with Crippen molar-refractivity contribution in [3.63, 3.8) is 0 Å². The number of anilines is 1. The van der Waals surface area contributed by atoms with Gasteiger partial charge in [0.15, 0.2) is 0 Å². The molecule has 0 atom stereocenters. The van der Waals surface area contributed by atoms with Gasteiger partial charge in [0.2, 0.25) is 0 Å². The molecule has 0 aliphatic carbocycles. The molecule has 0 unspecified atom stereocenters. The van der Waals surface area contributed by atoms with Crippen molar-refractivity contribution in [1.82, 2.24) is 0 Å². The van der Waals surface area contributed by atoms with Crippen molar-refractivity contribution in [3.05, 3.63) is 29.8 Å². The molecule has 1 aromatic carbocycles. The number of amides is 1. The Morgan fingerprint density at radius 3 is 2.62 bits per heavy atom. The van der Waals surface area contributed by atoms with E-state index in [0.29, 0.717) is 0 Å². The van der Waals surface area contributed by atoms with Gasteiger partial charge in [0.1, 0.15) is 0 Å². The average Bonchev–Trinajstić information content (AvgIpc) is 2.63. The maximum Gasteiger partial charge on any atom is 0.416 e. The van der Waals surface area contributed by atoms with Crippen molar-refractivity contribution in [2.24, 2.45) is 0 Å². The van der Waals surface area contributed by atoms with Crippen molar-refractivity contribution in [3.8, 4) is 0 Å². The largest absolute Gasteiger partial charge is 0.416 e. The quantitative estimate of drug-likeness (QED) is 0.742. The Kier molecular flexibility index (Phi) is 2.59. The molecule has 1 aliphatic heterocycles. The van der Waals surface area contributed by atoms with Gasteiger partial charge in [0, 0.05) is 0 Å². The van der Waals surface area contributed by atoms with E-state index in [-0.39, 0.29) is 24.6 Å². The first-order chi connectivity index (χ1) is 7.48. The van der Waals surface area contributed by atoms with E-state index in [4.69, 9.17) is 4.84 Å². The molecule has 3 nitrogen and oxygen atoms in total. The Morgan fingerprint density at radius 2 is 2.06 bits per heavy atom. The molecule has 0 radical (unpaired) electrons. The van der Waals surface area contributed by atoms with Crippen LogP contribution in [0.3, 0.4) is 0 Å². The summed E-state index contributed by atoms with van der Waals surface area (Å²) in [5, 5.41) is 0.898. The average molecular weight is 231 g/mol. The summed E-state index contributed by atoms with van der Waals surface area (Å²) >= 11 is 0. The first-order valence-corrected chi connectivity index (χ1v) is 4.61. The van der Waals surface area contributed by atoms with Crippen LogP contribution in [0.1, 0.15) is 12.0 Å². The molecule has 1 amide bonds. The summed E-state index contributed by atoms with van der Waals surface area (Å²) in [4.78, 5) is 16.2. The van der Waals surface area contributed by atoms with Crippen molar-refractivity contribution in [2.75, 3.05) is 11.7 Å². The summed E-state index contributed by atoms with van der Waals surface area (Å²) < 4.78 is 37.2. The van der Waals surface area contributed by atoms with Gasteiger partial charge in [0.05, 0.1) is 24.3 Å². The van der Waals surface area contributed by atoms with Crippen molar-refractivity contribution < 1.29 is 22.8 Å². The highest BCUT2D eigenvalue weighted by Gasteiger charge is 2.32. The number of nitrogens with zero attached hydrogens (tertiary/aromatic N) is 1. The molecular formula is C10H8F3NO2. The summed E-state index contributed by atoms with van der Waals surface area (Å²) in [6.07, 6.45) is -4.23. The number of rotatable bonds is 1. The van der Waals surface area contributed by atoms with E-state index in [1.165, 1.54) is 12.1 Å². The van der Waals surface area contributed by atoms with E-state index in [1.54, 1.807) is 0 Å². The molecule has 86 valence electrons. The van der Waals surface area contributed by atoms with E-state index in [0.717, 1.165) is 17.2 Å². The van der Waals surface area contributed by atoms with Crippen LogP contribution in [0.15, 0.2) is 24.3 Å². The van der Waals surface area contributed by atoms with Crippen LogP contribution in [0.4, 0.5) is 18.9 Å². The third kappa shape index (κ3) is 2.01. The standard InChI is InChI=1S/C10H8F3NO2/c11-10(12,13)7-2-1-3-8(6-7)14-9(15)4-5-16-14/h1-3,6H,4-5H2. The van der Waals surface area contributed by atoms with Crippen LogP contribution in [-0.4, -0.2) is 12.5 Å². The highest BCUT2D eigenvalue weighted by Crippen LogP contribution is 2.32. The lowest BCUT2D eigenvalue weighted by atomic mass is 10.2. The van der Waals surface area contributed by atoms with Gasteiger partial charge in [-0.05, 0) is 18.2 Å². The SMILES string of the molecule is O=C1CCON1c1cccc(C(F)(F)F)c1. The minimum Gasteiger partial charge on any atom is -0.272 e. The zero-order valence-corrected chi connectivity index (χ0v) is 8.12. The minimum atomic E-state index is -4.42. The molecule has 0 N–H and O–H groups in total. The molecule has 1 fully saturated rings. The van der Waals surface area contributed by atoms with Gasteiger partial charge < -0.3 is 0 Å². The number of hydrogen-bond acceptors (Lipinski definition) is 2. The highest BCUT2D eigenvalue weighted by molar-refractivity contribution is 5.92. The van der Waals surface area contributed by atoms with Gasteiger partial charge >= 0.3 is 6.18 Å². The summed E-state index contributed by atoms with van der Waals surface area (Å²) in [7, 11) is 0. The topological polar surface area (TPSA) is 29.5 Å². The van der Waals surface area contributed by atoms with Crippen molar-refractivity contribution in [1.29, 1.82) is 0 Å². The van der Waals surface area contributed by atoms with Gasteiger partial charge in [-0.3, -0.25) is 9.63 Å². The molecule has 1 saturated heterocycles. The number of carbonyl (C=O) groups is 1. The monoisotopic (exact) mass is 231 g/mol. The lowest BCUT2D eigenvalue weighted by Gasteiger charge is -2.15. The molecule has 16 heavy (non-hydrogen) atoms.